The van der Waals surface area contributed by atoms with E-state index in [2.05, 4.69) is 0 Å². The number of ether oxygens (including phenoxy) is 1. The van der Waals surface area contributed by atoms with Crippen molar-refractivity contribution in [1.82, 2.24) is 0 Å². The molecule has 1 fully saturated rings. The van der Waals surface area contributed by atoms with Gasteiger partial charge in [0.2, 0.25) is 0 Å². The first-order valence-corrected chi connectivity index (χ1v) is 6.84. The van der Waals surface area contributed by atoms with E-state index in [0.717, 1.165) is 24.6 Å². The summed E-state index contributed by atoms with van der Waals surface area (Å²) in [4.78, 5) is 11.8. The van der Waals surface area contributed by atoms with E-state index in [-0.39, 0.29) is 28.5 Å². The number of carbonyl (C=O) groups excluding carboxylic acids is 1. The normalized spacial score (nSPS) is 23.3. The van der Waals surface area contributed by atoms with Crippen LogP contribution in [0.3, 0.4) is 0 Å². The lowest BCUT2D eigenvalue weighted by atomic mass is 10.1. The molecule has 0 N–H and O–H groups in total. The SMILES string of the molecule is CC1OCCC1SCC(=O)c1cc(F)ccc1F. The van der Waals surface area contributed by atoms with Crippen molar-refractivity contribution in [3.8, 4) is 0 Å². The zero-order valence-corrected chi connectivity index (χ0v) is 10.8. The van der Waals surface area contributed by atoms with Gasteiger partial charge in [-0.3, -0.25) is 4.79 Å². The molecule has 0 spiro atoms. The molecule has 1 aliphatic rings. The van der Waals surface area contributed by atoms with Crippen LogP contribution in [0.15, 0.2) is 18.2 Å². The van der Waals surface area contributed by atoms with Crippen LogP contribution < -0.4 is 0 Å². The Morgan fingerprint density at radius 2 is 2.28 bits per heavy atom. The molecule has 0 aliphatic carbocycles. The van der Waals surface area contributed by atoms with Crippen molar-refractivity contribution in [3.05, 3.63) is 35.4 Å². The van der Waals surface area contributed by atoms with E-state index in [1.807, 2.05) is 6.92 Å². The van der Waals surface area contributed by atoms with E-state index in [4.69, 9.17) is 4.74 Å². The predicted octanol–water partition coefficient (Wildman–Crippen LogP) is 3.06. The van der Waals surface area contributed by atoms with Gasteiger partial charge in [-0.25, -0.2) is 8.78 Å². The summed E-state index contributed by atoms with van der Waals surface area (Å²) >= 11 is 1.45. The van der Waals surface area contributed by atoms with Gasteiger partial charge in [-0.15, -0.1) is 11.8 Å². The standard InChI is InChI=1S/C13H14F2O2S/c1-8-13(4-5-17-8)18-7-12(16)10-6-9(14)2-3-11(10)15/h2-3,6,8,13H,4-5,7H2,1H3. The summed E-state index contributed by atoms with van der Waals surface area (Å²) < 4.78 is 31.7. The summed E-state index contributed by atoms with van der Waals surface area (Å²) in [6, 6.07) is 2.94. The zero-order chi connectivity index (χ0) is 13.1. The Bertz CT molecular complexity index is 451. The Labute approximate surface area is 109 Å². The van der Waals surface area contributed by atoms with Crippen LogP contribution >= 0.6 is 11.8 Å². The third-order valence-electron chi connectivity index (χ3n) is 2.96. The number of hydrogen-bond acceptors (Lipinski definition) is 3. The lowest BCUT2D eigenvalue weighted by Crippen LogP contribution is -2.16. The number of carbonyl (C=O) groups is 1. The van der Waals surface area contributed by atoms with Crippen molar-refractivity contribution in [1.29, 1.82) is 0 Å². The molecule has 98 valence electrons. The monoisotopic (exact) mass is 272 g/mol. The molecule has 0 aromatic heterocycles. The van der Waals surface area contributed by atoms with Crippen LogP contribution in [0.2, 0.25) is 0 Å². The molecule has 0 saturated carbocycles. The molecule has 2 unspecified atom stereocenters. The van der Waals surface area contributed by atoms with Crippen molar-refractivity contribution in [2.75, 3.05) is 12.4 Å². The van der Waals surface area contributed by atoms with Gasteiger partial charge in [-0.05, 0) is 31.5 Å². The minimum Gasteiger partial charge on any atom is -0.377 e. The van der Waals surface area contributed by atoms with Crippen molar-refractivity contribution in [2.24, 2.45) is 0 Å². The molecule has 1 heterocycles. The van der Waals surface area contributed by atoms with Crippen LogP contribution in [0, 0.1) is 11.6 Å². The molecule has 1 aliphatic heterocycles. The van der Waals surface area contributed by atoms with E-state index in [1.54, 1.807) is 0 Å². The molecule has 5 heteroatoms. The van der Waals surface area contributed by atoms with Crippen LogP contribution in [-0.4, -0.2) is 29.5 Å². The van der Waals surface area contributed by atoms with Gasteiger partial charge in [-0.2, -0.15) is 0 Å². The summed E-state index contributed by atoms with van der Waals surface area (Å²) in [6.45, 7) is 2.65. The van der Waals surface area contributed by atoms with Crippen molar-refractivity contribution >= 4 is 17.5 Å². The van der Waals surface area contributed by atoms with Gasteiger partial charge < -0.3 is 4.74 Å². The average Bonchev–Trinajstić information content (AvgIpc) is 2.75. The number of halogens is 2. The van der Waals surface area contributed by atoms with Crippen LogP contribution in [0.25, 0.3) is 0 Å². The minimum atomic E-state index is -0.669. The van der Waals surface area contributed by atoms with Crippen LogP contribution in [-0.2, 0) is 4.74 Å². The number of thioether (sulfide) groups is 1. The lowest BCUT2D eigenvalue weighted by molar-refractivity contribution is 0.101. The van der Waals surface area contributed by atoms with E-state index in [0.29, 0.717) is 6.61 Å². The summed E-state index contributed by atoms with van der Waals surface area (Å²) in [6.07, 6.45) is 1.00. The van der Waals surface area contributed by atoms with E-state index < -0.39 is 11.6 Å². The number of hydrogen-bond donors (Lipinski definition) is 0. The summed E-state index contributed by atoms with van der Waals surface area (Å²) in [5.74, 6) is -1.49. The van der Waals surface area contributed by atoms with E-state index >= 15 is 0 Å². The highest BCUT2D eigenvalue weighted by molar-refractivity contribution is 8.00. The Hall–Kier alpha value is -0.940. The molecule has 0 amide bonds. The fourth-order valence-corrected chi connectivity index (χ4v) is 3.04. The molecule has 2 atom stereocenters. The fourth-order valence-electron chi connectivity index (χ4n) is 1.90. The first-order chi connectivity index (χ1) is 8.58. The zero-order valence-electron chi connectivity index (χ0n) is 9.99. The van der Waals surface area contributed by atoms with Crippen LogP contribution in [0.1, 0.15) is 23.7 Å². The Kier molecular flexibility index (Phi) is 4.35. The summed E-state index contributed by atoms with van der Waals surface area (Å²) in [5.41, 5.74) is -0.172. The first-order valence-electron chi connectivity index (χ1n) is 5.79. The molecule has 1 aromatic carbocycles. The van der Waals surface area contributed by atoms with Gasteiger partial charge >= 0.3 is 0 Å². The molecular weight excluding hydrogens is 258 g/mol. The van der Waals surface area contributed by atoms with Crippen LogP contribution in [0.5, 0.6) is 0 Å². The fraction of sp³-hybridized carbons (Fsp3) is 0.462. The lowest BCUT2D eigenvalue weighted by Gasteiger charge is -2.12. The van der Waals surface area contributed by atoms with Gasteiger partial charge in [-0.1, -0.05) is 0 Å². The van der Waals surface area contributed by atoms with Crippen LogP contribution in [0.4, 0.5) is 8.78 Å². The highest BCUT2D eigenvalue weighted by Gasteiger charge is 2.25. The highest BCUT2D eigenvalue weighted by Crippen LogP contribution is 2.27. The largest absolute Gasteiger partial charge is 0.377 e. The van der Waals surface area contributed by atoms with Crippen molar-refractivity contribution in [3.63, 3.8) is 0 Å². The van der Waals surface area contributed by atoms with Gasteiger partial charge in [0.1, 0.15) is 11.6 Å². The molecule has 0 bridgehead atoms. The molecule has 1 saturated heterocycles. The second kappa shape index (κ2) is 5.80. The second-order valence-corrected chi connectivity index (χ2v) is 5.49. The summed E-state index contributed by atoms with van der Waals surface area (Å²) in [5, 5.41) is 0.255. The average molecular weight is 272 g/mol. The van der Waals surface area contributed by atoms with Crippen molar-refractivity contribution < 1.29 is 18.3 Å². The molecule has 0 radical (unpaired) electrons. The molecular formula is C13H14F2O2S. The maximum Gasteiger partial charge on any atom is 0.175 e. The van der Waals surface area contributed by atoms with Gasteiger partial charge in [0.25, 0.3) is 0 Å². The summed E-state index contributed by atoms with van der Waals surface area (Å²) in [7, 11) is 0. The second-order valence-electron chi connectivity index (χ2n) is 4.26. The third-order valence-corrected chi connectivity index (χ3v) is 4.44. The topological polar surface area (TPSA) is 26.3 Å². The minimum absolute atomic E-state index is 0.111. The maximum absolute atomic E-state index is 13.4. The Morgan fingerprint density at radius 3 is 2.94 bits per heavy atom. The predicted molar refractivity (Wildman–Crippen MR) is 67.0 cm³/mol. The number of benzene rings is 1. The maximum atomic E-state index is 13.4. The third kappa shape index (κ3) is 3.09. The number of Topliss-reactive ketones (excluding diaryl/α,β-unsaturated/α-hetero) is 1. The number of rotatable bonds is 4. The smallest absolute Gasteiger partial charge is 0.175 e. The van der Waals surface area contributed by atoms with E-state index in [1.165, 1.54) is 11.8 Å². The quantitative estimate of drug-likeness (QED) is 0.788. The van der Waals surface area contributed by atoms with Crippen molar-refractivity contribution in [2.45, 2.75) is 24.7 Å². The van der Waals surface area contributed by atoms with Gasteiger partial charge in [0.15, 0.2) is 5.78 Å². The van der Waals surface area contributed by atoms with Gasteiger partial charge in [0, 0.05) is 11.9 Å². The first kappa shape index (κ1) is 13.5. The Balaban J connectivity index is 1.97. The highest BCUT2D eigenvalue weighted by atomic mass is 32.2. The number of ketones is 1. The molecule has 1 aromatic rings. The Morgan fingerprint density at radius 1 is 1.50 bits per heavy atom. The van der Waals surface area contributed by atoms with Gasteiger partial charge in [0.05, 0.1) is 17.4 Å². The molecule has 18 heavy (non-hydrogen) atoms. The molecule has 2 rings (SSSR count). The van der Waals surface area contributed by atoms with E-state index in [9.17, 15) is 13.6 Å². The molecule has 2 nitrogen and oxygen atoms in total.